The van der Waals surface area contributed by atoms with Gasteiger partial charge in [0.1, 0.15) is 17.6 Å². The molecule has 0 fully saturated rings. The lowest BCUT2D eigenvalue weighted by atomic mass is 10.1. The molecule has 0 aliphatic rings. The molecule has 0 aliphatic carbocycles. The average molecular weight is 255 g/mol. The molecule has 0 bridgehead atoms. The molecule has 1 aromatic carbocycles. The molecule has 4 heteroatoms. The van der Waals surface area contributed by atoms with Gasteiger partial charge in [0, 0.05) is 7.05 Å². The molecule has 1 unspecified atom stereocenters. The number of hydrogen-bond acceptors (Lipinski definition) is 3. The first kappa shape index (κ1) is 13.0. The highest BCUT2D eigenvalue weighted by Crippen LogP contribution is 2.24. The number of nitrogens with zero attached hydrogens (tertiary/aromatic N) is 3. The third-order valence-electron chi connectivity index (χ3n) is 3.20. The van der Waals surface area contributed by atoms with Crippen LogP contribution in [0.15, 0.2) is 42.6 Å². The minimum atomic E-state index is -0.237. The number of hydrogen-bond donors (Lipinski definition) is 0. The summed E-state index contributed by atoms with van der Waals surface area (Å²) in [6, 6.07) is 12.1. The minimum absolute atomic E-state index is 0.0929. The molecule has 0 aliphatic heterocycles. The average Bonchev–Trinajstić information content (AvgIpc) is 2.46. The van der Waals surface area contributed by atoms with Crippen LogP contribution < -0.4 is 4.90 Å². The minimum Gasteiger partial charge on any atom is -0.367 e. The fourth-order valence-electron chi connectivity index (χ4n) is 1.85. The highest BCUT2D eigenvalue weighted by Gasteiger charge is 2.12. The second-order valence-electron chi connectivity index (χ2n) is 4.35. The van der Waals surface area contributed by atoms with Crippen molar-refractivity contribution in [2.24, 2.45) is 0 Å². The van der Waals surface area contributed by atoms with Crippen molar-refractivity contribution in [2.45, 2.75) is 13.0 Å². The monoisotopic (exact) mass is 255 g/mol. The quantitative estimate of drug-likeness (QED) is 0.845. The van der Waals surface area contributed by atoms with Crippen molar-refractivity contribution in [2.75, 3.05) is 11.9 Å². The fourth-order valence-corrected chi connectivity index (χ4v) is 1.85. The van der Waals surface area contributed by atoms with E-state index < -0.39 is 0 Å². The Bertz CT molecular complexity index is 584. The zero-order chi connectivity index (χ0) is 13.8. The van der Waals surface area contributed by atoms with Crippen molar-refractivity contribution in [1.82, 2.24) is 4.98 Å². The normalized spacial score (nSPS) is 11.7. The van der Waals surface area contributed by atoms with Crippen LogP contribution in [0.5, 0.6) is 0 Å². The van der Waals surface area contributed by atoms with Crippen LogP contribution in [0.2, 0.25) is 0 Å². The maximum atomic E-state index is 12.9. The van der Waals surface area contributed by atoms with Crippen LogP contribution in [0.25, 0.3) is 0 Å². The van der Waals surface area contributed by atoms with Crippen molar-refractivity contribution in [3.05, 3.63) is 59.7 Å². The van der Waals surface area contributed by atoms with Gasteiger partial charge in [-0.3, -0.25) is 0 Å². The Morgan fingerprint density at radius 3 is 2.42 bits per heavy atom. The Kier molecular flexibility index (Phi) is 3.76. The molecule has 0 saturated carbocycles. The van der Waals surface area contributed by atoms with Crippen molar-refractivity contribution in [3.63, 3.8) is 0 Å². The van der Waals surface area contributed by atoms with E-state index in [0.29, 0.717) is 5.69 Å². The molecule has 2 aromatic rings. The third-order valence-corrected chi connectivity index (χ3v) is 3.20. The van der Waals surface area contributed by atoms with Crippen LogP contribution in [0.4, 0.5) is 10.1 Å². The number of pyridine rings is 1. The highest BCUT2D eigenvalue weighted by molar-refractivity contribution is 5.47. The van der Waals surface area contributed by atoms with E-state index >= 15 is 0 Å². The molecule has 0 radical (unpaired) electrons. The van der Waals surface area contributed by atoms with E-state index in [-0.39, 0.29) is 11.9 Å². The number of halogens is 1. The summed E-state index contributed by atoms with van der Waals surface area (Å²) < 4.78 is 12.9. The predicted molar refractivity (Wildman–Crippen MR) is 72.2 cm³/mol. The first-order chi connectivity index (χ1) is 9.11. The van der Waals surface area contributed by atoms with Crippen LogP contribution >= 0.6 is 0 Å². The van der Waals surface area contributed by atoms with Crippen molar-refractivity contribution in [1.29, 1.82) is 5.26 Å². The van der Waals surface area contributed by atoms with E-state index in [1.54, 1.807) is 24.4 Å². The van der Waals surface area contributed by atoms with Gasteiger partial charge in [0.05, 0.1) is 17.9 Å². The van der Waals surface area contributed by atoms with Gasteiger partial charge in [-0.25, -0.2) is 9.37 Å². The van der Waals surface area contributed by atoms with Gasteiger partial charge in [-0.1, -0.05) is 12.1 Å². The Morgan fingerprint density at radius 2 is 1.89 bits per heavy atom. The van der Waals surface area contributed by atoms with Crippen LogP contribution in [-0.2, 0) is 0 Å². The molecule has 1 heterocycles. The molecule has 96 valence electrons. The zero-order valence-electron chi connectivity index (χ0n) is 10.8. The van der Waals surface area contributed by atoms with Gasteiger partial charge in [0.2, 0.25) is 0 Å². The van der Waals surface area contributed by atoms with Gasteiger partial charge in [-0.15, -0.1) is 0 Å². The molecule has 2 rings (SSSR count). The van der Waals surface area contributed by atoms with E-state index in [1.165, 1.54) is 12.1 Å². The molecule has 1 aromatic heterocycles. The second kappa shape index (κ2) is 5.49. The molecule has 0 saturated heterocycles. The summed E-state index contributed by atoms with van der Waals surface area (Å²) in [5.74, 6) is -0.237. The highest BCUT2D eigenvalue weighted by atomic mass is 19.1. The summed E-state index contributed by atoms with van der Waals surface area (Å²) in [6.07, 6.45) is 1.67. The lowest BCUT2D eigenvalue weighted by molar-refractivity contribution is 0.625. The van der Waals surface area contributed by atoms with Crippen LogP contribution in [0.1, 0.15) is 24.2 Å². The van der Waals surface area contributed by atoms with Gasteiger partial charge >= 0.3 is 0 Å². The Balaban J connectivity index is 2.20. The van der Waals surface area contributed by atoms with E-state index in [4.69, 9.17) is 5.26 Å². The molecule has 19 heavy (non-hydrogen) atoms. The Hall–Kier alpha value is -2.41. The third kappa shape index (κ3) is 2.89. The number of nitriles is 1. The number of benzene rings is 1. The van der Waals surface area contributed by atoms with Crippen LogP contribution in [-0.4, -0.2) is 12.0 Å². The van der Waals surface area contributed by atoms with Crippen LogP contribution in [0.3, 0.4) is 0 Å². The van der Waals surface area contributed by atoms with Gasteiger partial charge in [0.25, 0.3) is 0 Å². The summed E-state index contributed by atoms with van der Waals surface area (Å²) in [4.78, 5) is 6.07. The largest absolute Gasteiger partial charge is 0.367 e. The molecular weight excluding hydrogens is 241 g/mol. The maximum absolute atomic E-state index is 12.9. The van der Waals surface area contributed by atoms with E-state index in [1.807, 2.05) is 31.0 Å². The van der Waals surface area contributed by atoms with E-state index in [2.05, 4.69) is 4.98 Å². The molecule has 0 amide bonds. The summed E-state index contributed by atoms with van der Waals surface area (Å²) in [7, 11) is 1.94. The molecule has 0 spiro atoms. The molecular formula is C15H14FN3. The predicted octanol–water partition coefficient (Wildman–Crippen LogP) is 3.29. The van der Waals surface area contributed by atoms with Crippen molar-refractivity contribution >= 4 is 5.69 Å². The van der Waals surface area contributed by atoms with Gasteiger partial charge < -0.3 is 4.90 Å². The molecule has 3 nitrogen and oxygen atoms in total. The first-order valence-electron chi connectivity index (χ1n) is 5.96. The van der Waals surface area contributed by atoms with E-state index in [9.17, 15) is 4.39 Å². The number of aromatic nitrogens is 1. The van der Waals surface area contributed by atoms with Crippen molar-refractivity contribution < 1.29 is 4.39 Å². The maximum Gasteiger partial charge on any atom is 0.140 e. The molecule has 1 atom stereocenters. The Morgan fingerprint density at radius 1 is 1.21 bits per heavy atom. The van der Waals surface area contributed by atoms with Crippen molar-refractivity contribution in [3.8, 4) is 6.07 Å². The summed E-state index contributed by atoms with van der Waals surface area (Å²) >= 11 is 0. The molecule has 0 N–H and O–H groups in total. The van der Waals surface area contributed by atoms with Gasteiger partial charge in [-0.2, -0.15) is 5.26 Å². The summed E-state index contributed by atoms with van der Waals surface area (Å²) in [6.45, 7) is 2.03. The zero-order valence-corrected chi connectivity index (χ0v) is 10.8. The van der Waals surface area contributed by atoms with Gasteiger partial charge in [0.15, 0.2) is 0 Å². The smallest absolute Gasteiger partial charge is 0.140 e. The first-order valence-corrected chi connectivity index (χ1v) is 5.96. The number of rotatable bonds is 3. The summed E-state index contributed by atoms with van der Waals surface area (Å²) in [5.41, 5.74) is 2.33. The Labute approximate surface area is 111 Å². The summed E-state index contributed by atoms with van der Waals surface area (Å²) in [5, 5.41) is 8.72. The van der Waals surface area contributed by atoms with Crippen LogP contribution in [0, 0.1) is 17.1 Å². The van der Waals surface area contributed by atoms with Gasteiger partial charge in [-0.05, 0) is 36.8 Å². The topological polar surface area (TPSA) is 39.9 Å². The fraction of sp³-hybridized carbons (Fsp3) is 0.200. The van der Waals surface area contributed by atoms with E-state index in [0.717, 1.165) is 11.3 Å². The lowest BCUT2D eigenvalue weighted by Gasteiger charge is -2.27. The SMILES string of the molecule is CC(c1ccc(F)cc1)N(C)c1ccc(C#N)nc1. The second-order valence-corrected chi connectivity index (χ2v) is 4.35. The standard InChI is InChI=1S/C15H14FN3/c1-11(12-3-5-13(16)6-4-12)19(2)15-8-7-14(9-17)18-10-15/h3-8,10-11H,1-2H3. The lowest BCUT2D eigenvalue weighted by Crippen LogP contribution is -2.21. The number of anilines is 1.